The summed E-state index contributed by atoms with van der Waals surface area (Å²) in [6.07, 6.45) is 1.13. The minimum atomic E-state index is 0.0635. The number of hydrogen-bond acceptors (Lipinski definition) is 5. The molecule has 0 aliphatic heterocycles. The van der Waals surface area contributed by atoms with Gasteiger partial charge in [0.25, 0.3) is 0 Å². The van der Waals surface area contributed by atoms with E-state index in [9.17, 15) is 4.79 Å². The van der Waals surface area contributed by atoms with E-state index in [2.05, 4.69) is 4.98 Å². The molecule has 0 N–H and O–H groups in total. The van der Waals surface area contributed by atoms with Gasteiger partial charge in [0.1, 0.15) is 5.01 Å². The number of nitrogens with zero attached hydrogens (tertiary/aromatic N) is 2. The number of rotatable bonds is 10. The molecule has 0 aliphatic carbocycles. The van der Waals surface area contributed by atoms with E-state index in [0.717, 1.165) is 17.1 Å². The summed E-state index contributed by atoms with van der Waals surface area (Å²) in [7, 11) is 3.29. The lowest BCUT2D eigenvalue weighted by atomic mass is 10.3. The number of ether oxygens (including phenoxy) is 2. The molecular formula is C13H21ClN2O3S. The first-order valence-corrected chi connectivity index (χ1v) is 7.87. The van der Waals surface area contributed by atoms with Crippen LogP contribution in [0.5, 0.6) is 0 Å². The third-order valence-electron chi connectivity index (χ3n) is 2.73. The van der Waals surface area contributed by atoms with Gasteiger partial charge in [-0.3, -0.25) is 4.79 Å². The average molecular weight is 321 g/mol. The average Bonchev–Trinajstić information content (AvgIpc) is 2.90. The summed E-state index contributed by atoms with van der Waals surface area (Å²) in [4.78, 5) is 18.4. The Labute approximate surface area is 128 Å². The number of carbonyl (C=O) groups is 1. The molecule has 1 aromatic heterocycles. The molecule has 1 heterocycles. The first-order chi connectivity index (χ1) is 9.71. The van der Waals surface area contributed by atoms with Crippen molar-refractivity contribution in [1.82, 2.24) is 9.88 Å². The maximum absolute atomic E-state index is 12.3. The van der Waals surface area contributed by atoms with Crippen molar-refractivity contribution in [2.24, 2.45) is 0 Å². The van der Waals surface area contributed by atoms with Gasteiger partial charge in [0, 0.05) is 39.3 Å². The molecule has 0 bridgehead atoms. The molecule has 0 spiro atoms. The fourth-order valence-electron chi connectivity index (χ4n) is 1.70. The second-order valence-corrected chi connectivity index (χ2v) is 5.47. The largest absolute Gasteiger partial charge is 0.385 e. The Kier molecular flexibility index (Phi) is 8.77. The number of hydrogen-bond donors (Lipinski definition) is 0. The molecule has 0 fully saturated rings. The van der Waals surface area contributed by atoms with E-state index in [-0.39, 0.29) is 5.91 Å². The summed E-state index contributed by atoms with van der Waals surface area (Å²) in [5.41, 5.74) is 0.822. The highest BCUT2D eigenvalue weighted by Crippen LogP contribution is 2.13. The molecule has 1 amide bonds. The lowest BCUT2D eigenvalue weighted by Gasteiger charge is -2.21. The van der Waals surface area contributed by atoms with Gasteiger partial charge < -0.3 is 14.4 Å². The third kappa shape index (κ3) is 6.17. The van der Waals surface area contributed by atoms with Crippen molar-refractivity contribution in [3.05, 3.63) is 16.1 Å². The maximum atomic E-state index is 12.3. The van der Waals surface area contributed by atoms with Gasteiger partial charge in [-0.05, 0) is 6.42 Å². The van der Waals surface area contributed by atoms with Crippen LogP contribution >= 0.6 is 22.9 Å². The lowest BCUT2D eigenvalue weighted by molar-refractivity contribution is -0.131. The molecule has 5 nitrogen and oxygen atoms in total. The lowest BCUT2D eigenvalue weighted by Crippen LogP contribution is -2.36. The highest BCUT2D eigenvalue weighted by molar-refractivity contribution is 7.09. The first kappa shape index (κ1) is 17.4. The second kappa shape index (κ2) is 10.1. The number of alkyl halides is 1. The van der Waals surface area contributed by atoms with Gasteiger partial charge in [-0.2, -0.15) is 0 Å². The summed E-state index contributed by atoms with van der Waals surface area (Å²) in [5, 5.41) is 2.69. The number of carbonyl (C=O) groups excluding carboxylic acids is 1. The molecule has 114 valence electrons. The highest BCUT2D eigenvalue weighted by atomic mass is 35.5. The number of amides is 1. The van der Waals surface area contributed by atoms with E-state index < -0.39 is 0 Å². The van der Waals surface area contributed by atoms with Crippen LogP contribution in [0.2, 0.25) is 0 Å². The van der Waals surface area contributed by atoms with Gasteiger partial charge in [-0.1, -0.05) is 0 Å². The molecule has 7 heteroatoms. The molecular weight excluding hydrogens is 300 g/mol. The zero-order valence-corrected chi connectivity index (χ0v) is 13.5. The SMILES string of the molecule is COCCCN(CCOC)C(=O)Cc1nc(CCl)cs1. The van der Waals surface area contributed by atoms with E-state index in [0.29, 0.717) is 38.6 Å². The summed E-state index contributed by atoms with van der Waals surface area (Å²) in [6, 6.07) is 0. The van der Waals surface area contributed by atoms with Crippen LogP contribution in [0.4, 0.5) is 0 Å². The minimum Gasteiger partial charge on any atom is -0.385 e. The fraction of sp³-hybridized carbons (Fsp3) is 0.692. The van der Waals surface area contributed by atoms with Gasteiger partial charge in [-0.25, -0.2) is 4.98 Å². The predicted molar refractivity (Wildman–Crippen MR) is 80.3 cm³/mol. The molecule has 1 aromatic rings. The standard InChI is InChI=1S/C13H21ClN2O3S/c1-18-6-3-4-16(5-7-19-2)13(17)8-12-15-11(9-14)10-20-12/h10H,3-9H2,1-2H3. The van der Waals surface area contributed by atoms with Crippen LogP contribution in [-0.4, -0.2) is 56.3 Å². The Balaban J connectivity index is 2.51. The monoisotopic (exact) mass is 320 g/mol. The summed E-state index contributed by atoms with van der Waals surface area (Å²) in [6.45, 7) is 2.44. The van der Waals surface area contributed by atoms with Crippen molar-refractivity contribution in [1.29, 1.82) is 0 Å². The van der Waals surface area contributed by atoms with Crippen molar-refractivity contribution < 1.29 is 14.3 Å². The molecule has 0 unspecified atom stereocenters. The van der Waals surface area contributed by atoms with Crippen molar-refractivity contribution in [2.75, 3.05) is 40.5 Å². The quantitative estimate of drug-likeness (QED) is 0.488. The van der Waals surface area contributed by atoms with Gasteiger partial charge in [0.05, 0.1) is 24.6 Å². The van der Waals surface area contributed by atoms with Gasteiger partial charge in [0.2, 0.25) is 5.91 Å². The van der Waals surface area contributed by atoms with Gasteiger partial charge >= 0.3 is 0 Å². The van der Waals surface area contributed by atoms with Crippen LogP contribution in [0, 0.1) is 0 Å². The van der Waals surface area contributed by atoms with E-state index in [4.69, 9.17) is 21.1 Å². The van der Waals surface area contributed by atoms with E-state index >= 15 is 0 Å². The molecule has 0 aromatic carbocycles. The maximum Gasteiger partial charge on any atom is 0.229 e. The number of methoxy groups -OCH3 is 2. The van der Waals surface area contributed by atoms with Crippen LogP contribution in [0.1, 0.15) is 17.1 Å². The van der Waals surface area contributed by atoms with E-state index in [1.54, 1.807) is 19.1 Å². The number of halogens is 1. The molecule has 0 atom stereocenters. The Hall–Kier alpha value is -0.690. The smallest absolute Gasteiger partial charge is 0.229 e. The van der Waals surface area contributed by atoms with E-state index in [1.165, 1.54) is 11.3 Å². The predicted octanol–water partition coefficient (Wildman–Crippen LogP) is 1.94. The Morgan fingerprint density at radius 2 is 2.10 bits per heavy atom. The van der Waals surface area contributed by atoms with Crippen LogP contribution in [0.15, 0.2) is 5.38 Å². The molecule has 0 saturated heterocycles. The molecule has 0 aliphatic rings. The Morgan fingerprint density at radius 1 is 1.35 bits per heavy atom. The van der Waals surface area contributed by atoms with Crippen LogP contribution in [-0.2, 0) is 26.6 Å². The third-order valence-corrected chi connectivity index (χ3v) is 3.90. The zero-order chi connectivity index (χ0) is 14.8. The Morgan fingerprint density at radius 3 is 2.70 bits per heavy atom. The van der Waals surface area contributed by atoms with Crippen LogP contribution < -0.4 is 0 Å². The number of aromatic nitrogens is 1. The topological polar surface area (TPSA) is 51.7 Å². The zero-order valence-electron chi connectivity index (χ0n) is 11.9. The normalized spacial score (nSPS) is 10.8. The Bertz CT molecular complexity index is 401. The second-order valence-electron chi connectivity index (χ2n) is 4.26. The summed E-state index contributed by atoms with van der Waals surface area (Å²) >= 11 is 7.18. The van der Waals surface area contributed by atoms with Crippen molar-refractivity contribution in [3.63, 3.8) is 0 Å². The molecule has 0 radical (unpaired) electrons. The van der Waals surface area contributed by atoms with Gasteiger partial charge in [0.15, 0.2) is 0 Å². The molecule has 20 heavy (non-hydrogen) atoms. The minimum absolute atomic E-state index is 0.0635. The van der Waals surface area contributed by atoms with Crippen molar-refractivity contribution in [2.45, 2.75) is 18.7 Å². The van der Waals surface area contributed by atoms with Crippen LogP contribution in [0.3, 0.4) is 0 Å². The molecule has 0 saturated carbocycles. The summed E-state index contributed by atoms with van der Waals surface area (Å²) in [5.74, 6) is 0.444. The van der Waals surface area contributed by atoms with Crippen molar-refractivity contribution in [3.8, 4) is 0 Å². The van der Waals surface area contributed by atoms with Crippen LogP contribution in [0.25, 0.3) is 0 Å². The first-order valence-electron chi connectivity index (χ1n) is 6.46. The summed E-state index contributed by atoms with van der Waals surface area (Å²) < 4.78 is 10.1. The van der Waals surface area contributed by atoms with E-state index in [1.807, 2.05) is 5.38 Å². The van der Waals surface area contributed by atoms with Gasteiger partial charge in [-0.15, -0.1) is 22.9 Å². The van der Waals surface area contributed by atoms with Crippen molar-refractivity contribution >= 4 is 28.8 Å². The highest BCUT2D eigenvalue weighted by Gasteiger charge is 2.15. The number of thiazole rings is 1. The fourth-order valence-corrected chi connectivity index (χ4v) is 2.71. The molecule has 1 rings (SSSR count).